The molecule has 0 aliphatic rings. The highest BCUT2D eigenvalue weighted by atomic mass is 31.2. The number of ether oxygens (including phenoxy) is 2. The van der Waals surface area contributed by atoms with Crippen LogP contribution in [0, 0.1) is 0 Å². The van der Waals surface area contributed by atoms with Gasteiger partial charge in [-0.2, -0.15) is 0 Å². The van der Waals surface area contributed by atoms with Crippen molar-refractivity contribution in [1.29, 1.82) is 0 Å². The van der Waals surface area contributed by atoms with E-state index in [1.54, 1.807) is 6.92 Å². The zero-order valence-electron chi connectivity index (χ0n) is 19.9. The van der Waals surface area contributed by atoms with Gasteiger partial charge in [0.2, 0.25) is 5.53 Å². The zero-order chi connectivity index (χ0) is 23.6. The summed E-state index contributed by atoms with van der Waals surface area (Å²) in [5.41, 5.74) is 2.04. The van der Waals surface area contributed by atoms with Gasteiger partial charge in [-0.25, -0.2) is 0 Å². The molecule has 0 bridgehead atoms. The van der Waals surface area contributed by atoms with Crippen LogP contribution in [0.25, 0.3) is 0 Å². The fourth-order valence-electron chi connectivity index (χ4n) is 3.63. The van der Waals surface area contributed by atoms with Gasteiger partial charge in [0.1, 0.15) is 5.78 Å². The Balaban J connectivity index is 2.75. The molecule has 0 saturated carbocycles. The van der Waals surface area contributed by atoms with Gasteiger partial charge in [0.25, 0.3) is 7.37 Å². The second kappa shape index (κ2) is 12.3. The van der Waals surface area contributed by atoms with Crippen molar-refractivity contribution in [2.45, 2.75) is 52.4 Å². The monoisotopic (exact) mass is 457 g/mol. The minimum atomic E-state index is -3.63. The molecular formula is C26H36NO4P. The molecule has 0 saturated heterocycles. The SMILES string of the molecule is C=C(C)C[C@H](N=C(c1ccccc1)c1ccccc1)[P@](=O)(OCC)C(C)(OCC)OCC. The van der Waals surface area contributed by atoms with Crippen LogP contribution in [0.5, 0.6) is 0 Å². The van der Waals surface area contributed by atoms with Gasteiger partial charge in [0.05, 0.1) is 12.3 Å². The van der Waals surface area contributed by atoms with Crippen LogP contribution < -0.4 is 0 Å². The summed E-state index contributed by atoms with van der Waals surface area (Å²) in [7, 11) is -3.63. The first-order valence-corrected chi connectivity index (χ1v) is 12.9. The minimum Gasteiger partial charge on any atom is -0.342 e. The first-order chi connectivity index (χ1) is 15.3. The van der Waals surface area contributed by atoms with Gasteiger partial charge in [-0.05, 0) is 41.0 Å². The number of benzene rings is 2. The predicted octanol–water partition coefficient (Wildman–Crippen LogP) is 6.88. The molecular weight excluding hydrogens is 421 g/mol. The molecule has 0 aromatic heterocycles. The Labute approximate surface area is 193 Å². The smallest absolute Gasteiger partial charge is 0.284 e. The lowest BCUT2D eigenvalue weighted by molar-refractivity contribution is -0.168. The summed E-state index contributed by atoms with van der Waals surface area (Å²) in [4.78, 5) is 5.09. The Morgan fingerprint density at radius 3 is 1.78 bits per heavy atom. The van der Waals surface area contributed by atoms with Gasteiger partial charge < -0.3 is 14.0 Å². The van der Waals surface area contributed by atoms with E-state index in [1.165, 1.54) is 0 Å². The largest absolute Gasteiger partial charge is 0.342 e. The lowest BCUT2D eigenvalue weighted by atomic mass is 10.0. The van der Waals surface area contributed by atoms with E-state index in [-0.39, 0.29) is 6.61 Å². The number of nitrogens with zero attached hydrogens (tertiary/aromatic N) is 1. The highest BCUT2D eigenvalue weighted by Gasteiger charge is 2.53. The quantitative estimate of drug-likeness (QED) is 0.142. The summed E-state index contributed by atoms with van der Waals surface area (Å²) in [5.74, 6) is -0.724. The van der Waals surface area contributed by atoms with Gasteiger partial charge >= 0.3 is 0 Å². The predicted molar refractivity (Wildman–Crippen MR) is 133 cm³/mol. The average molecular weight is 458 g/mol. The molecule has 0 aliphatic heterocycles. The number of hydrogen-bond donors (Lipinski definition) is 0. The van der Waals surface area contributed by atoms with Crippen LogP contribution in [0.2, 0.25) is 0 Å². The van der Waals surface area contributed by atoms with Crippen molar-refractivity contribution in [2.75, 3.05) is 19.8 Å². The van der Waals surface area contributed by atoms with E-state index < -0.39 is 18.7 Å². The summed E-state index contributed by atoms with van der Waals surface area (Å²) in [5, 5.41) is 0. The second-order valence-corrected chi connectivity index (χ2v) is 10.5. The number of aliphatic imine (C=N–C) groups is 1. The van der Waals surface area contributed by atoms with E-state index in [1.807, 2.05) is 88.4 Å². The molecule has 0 spiro atoms. The summed E-state index contributed by atoms with van der Waals surface area (Å²) < 4.78 is 32.5. The lowest BCUT2D eigenvalue weighted by Gasteiger charge is -2.39. The molecule has 0 N–H and O–H groups in total. The normalized spacial score (nSPS) is 14.4. The van der Waals surface area contributed by atoms with Gasteiger partial charge in [0.15, 0.2) is 0 Å². The maximum absolute atomic E-state index is 14.6. The maximum atomic E-state index is 14.6. The first kappa shape index (κ1) is 26.2. The third-order valence-electron chi connectivity index (χ3n) is 5.01. The van der Waals surface area contributed by atoms with Crippen molar-refractivity contribution in [2.24, 2.45) is 4.99 Å². The standard InChI is InChI=1S/C26H36NO4P/c1-7-29-26(6,30-8-2)32(28,31-9-3)24(20-21(4)5)27-25(22-16-12-10-13-17-22)23-18-14-11-15-19-23/h10-19,24H,4,7-9,20H2,1-3,5-6H3/t24-,32+/m1/s1. The molecule has 0 unspecified atom stereocenters. The maximum Gasteiger partial charge on any atom is 0.284 e. The van der Waals surface area contributed by atoms with E-state index in [2.05, 4.69) is 6.58 Å². The molecule has 174 valence electrons. The third kappa shape index (κ3) is 6.26. The number of hydrogen-bond acceptors (Lipinski definition) is 5. The molecule has 0 fully saturated rings. The molecule has 2 rings (SSSR count). The highest BCUT2D eigenvalue weighted by molar-refractivity contribution is 7.61. The van der Waals surface area contributed by atoms with E-state index in [0.717, 1.165) is 22.4 Å². The number of rotatable bonds is 13. The van der Waals surface area contributed by atoms with Gasteiger partial charge in [-0.15, -0.1) is 6.58 Å². The Morgan fingerprint density at radius 2 is 1.41 bits per heavy atom. The molecule has 32 heavy (non-hydrogen) atoms. The molecule has 2 atom stereocenters. The summed E-state index contributed by atoms with van der Waals surface area (Å²) in [6.07, 6.45) is 0.385. The highest BCUT2D eigenvalue weighted by Crippen LogP contribution is 2.65. The fraction of sp³-hybridized carbons (Fsp3) is 0.423. The van der Waals surface area contributed by atoms with E-state index in [9.17, 15) is 4.57 Å². The summed E-state index contributed by atoms with van der Waals surface area (Å²) >= 11 is 0. The van der Waals surface area contributed by atoms with Crippen LogP contribution in [0.1, 0.15) is 52.2 Å². The van der Waals surface area contributed by atoms with Gasteiger partial charge in [-0.1, -0.05) is 66.2 Å². The van der Waals surface area contributed by atoms with Crippen molar-refractivity contribution in [1.82, 2.24) is 0 Å². The summed E-state index contributed by atoms with van der Waals surface area (Å²) in [6.45, 7) is 14.1. The Hall–Kier alpha value is -2.04. The minimum absolute atomic E-state index is 0.251. The van der Waals surface area contributed by atoms with E-state index >= 15 is 0 Å². The molecule has 0 amide bonds. The molecule has 5 nitrogen and oxygen atoms in total. The van der Waals surface area contributed by atoms with Crippen LogP contribution in [-0.2, 0) is 18.6 Å². The van der Waals surface area contributed by atoms with Crippen molar-refractivity contribution in [3.05, 3.63) is 83.9 Å². The van der Waals surface area contributed by atoms with E-state index in [0.29, 0.717) is 19.6 Å². The van der Waals surface area contributed by atoms with Crippen LogP contribution in [-0.4, -0.2) is 36.8 Å². The van der Waals surface area contributed by atoms with Crippen LogP contribution >= 0.6 is 7.37 Å². The van der Waals surface area contributed by atoms with Crippen molar-refractivity contribution in [3.63, 3.8) is 0 Å². The van der Waals surface area contributed by atoms with Crippen LogP contribution in [0.15, 0.2) is 77.8 Å². The Bertz CT molecular complexity index is 880. The van der Waals surface area contributed by atoms with Gasteiger partial charge in [0, 0.05) is 24.3 Å². The third-order valence-corrected chi connectivity index (χ3v) is 8.12. The van der Waals surface area contributed by atoms with Crippen molar-refractivity contribution in [3.8, 4) is 0 Å². The molecule has 0 aliphatic carbocycles. The Morgan fingerprint density at radius 1 is 0.938 bits per heavy atom. The molecule has 6 heteroatoms. The summed E-state index contributed by atoms with van der Waals surface area (Å²) in [6, 6.07) is 19.8. The Kier molecular flexibility index (Phi) is 10.0. The molecule has 2 aromatic rings. The fourth-order valence-corrected chi connectivity index (χ4v) is 6.40. The second-order valence-electron chi connectivity index (χ2n) is 7.63. The molecule has 0 radical (unpaired) electrons. The van der Waals surface area contributed by atoms with E-state index in [4.69, 9.17) is 19.0 Å². The first-order valence-electron chi connectivity index (χ1n) is 11.2. The molecule has 0 heterocycles. The average Bonchev–Trinajstić information content (AvgIpc) is 2.78. The molecule has 2 aromatic carbocycles. The van der Waals surface area contributed by atoms with Gasteiger partial charge in [-0.3, -0.25) is 9.56 Å². The topological polar surface area (TPSA) is 57.1 Å². The van der Waals surface area contributed by atoms with Crippen molar-refractivity contribution < 1.29 is 18.6 Å². The van der Waals surface area contributed by atoms with Crippen LogP contribution in [0.4, 0.5) is 0 Å². The zero-order valence-corrected chi connectivity index (χ0v) is 20.8. The lowest BCUT2D eigenvalue weighted by Crippen LogP contribution is -2.37. The van der Waals surface area contributed by atoms with Crippen molar-refractivity contribution >= 4 is 13.1 Å². The van der Waals surface area contributed by atoms with Crippen LogP contribution in [0.3, 0.4) is 0 Å².